The van der Waals surface area contributed by atoms with Gasteiger partial charge in [-0.15, -0.1) is 11.6 Å². The number of ketones is 1. The van der Waals surface area contributed by atoms with Gasteiger partial charge in [-0.3, -0.25) is 9.59 Å². The molecule has 3 rings (SSSR count). The molecule has 3 atom stereocenters. The highest BCUT2D eigenvalue weighted by molar-refractivity contribution is 6.17. The van der Waals surface area contributed by atoms with Crippen LogP contribution in [-0.2, 0) is 14.3 Å². The molecule has 1 unspecified atom stereocenters. The molecule has 0 heterocycles. The molecule has 2 saturated carbocycles. The second-order valence-corrected chi connectivity index (χ2v) is 9.82. The average Bonchev–Trinajstić information content (AvgIpc) is 3.13. The SMILES string of the molecule is COC(=O)CCC/C=C\C[C@H]1C(=O)CC[C@@H]1c1cccc(C(C)C2(CCCl)CCC2)c1. The van der Waals surface area contributed by atoms with Crippen LogP contribution >= 0.6 is 11.6 Å². The van der Waals surface area contributed by atoms with Crippen molar-refractivity contribution in [3.05, 3.63) is 47.5 Å². The molecule has 0 aromatic heterocycles. The molecule has 4 heteroatoms. The van der Waals surface area contributed by atoms with E-state index in [-0.39, 0.29) is 11.9 Å². The van der Waals surface area contributed by atoms with Crippen LogP contribution < -0.4 is 0 Å². The molecule has 2 aliphatic rings. The number of rotatable bonds is 11. The maximum absolute atomic E-state index is 12.6. The van der Waals surface area contributed by atoms with E-state index < -0.39 is 0 Å². The van der Waals surface area contributed by atoms with Crippen LogP contribution in [0.25, 0.3) is 0 Å². The zero-order valence-electron chi connectivity index (χ0n) is 19.1. The predicted octanol–water partition coefficient (Wildman–Crippen LogP) is 6.94. The summed E-state index contributed by atoms with van der Waals surface area (Å²) < 4.78 is 4.67. The van der Waals surface area contributed by atoms with Crippen LogP contribution in [0.2, 0.25) is 0 Å². The number of esters is 1. The lowest BCUT2D eigenvalue weighted by molar-refractivity contribution is -0.140. The minimum atomic E-state index is -0.164. The summed E-state index contributed by atoms with van der Waals surface area (Å²) in [5.41, 5.74) is 3.08. The van der Waals surface area contributed by atoms with Gasteiger partial charge < -0.3 is 4.74 Å². The van der Waals surface area contributed by atoms with Crippen LogP contribution in [0.5, 0.6) is 0 Å². The van der Waals surface area contributed by atoms with Gasteiger partial charge in [0.15, 0.2) is 0 Å². The Morgan fingerprint density at radius 3 is 2.81 bits per heavy atom. The van der Waals surface area contributed by atoms with Gasteiger partial charge in [0.1, 0.15) is 5.78 Å². The molecule has 0 saturated heterocycles. The standard InChI is InChI=1S/C27H37ClO3/c1-20(27(17-18-28)15-8-16-27)21-9-7-10-22(19-21)23-13-14-25(29)24(23)11-5-3-4-6-12-26(30)31-2/h3,5,7,9-10,19-20,23-24H,4,6,8,11-18H2,1-2H3/b5-3-/t20?,23-,24-/m1/s1. The Balaban J connectivity index is 1.63. The first-order chi connectivity index (χ1) is 15.0. The molecule has 0 aliphatic heterocycles. The Morgan fingerprint density at radius 1 is 1.32 bits per heavy atom. The number of benzene rings is 1. The first-order valence-electron chi connectivity index (χ1n) is 11.9. The highest BCUT2D eigenvalue weighted by Crippen LogP contribution is 2.54. The van der Waals surface area contributed by atoms with Crippen molar-refractivity contribution < 1.29 is 14.3 Å². The Morgan fingerprint density at radius 2 is 2.13 bits per heavy atom. The number of unbranched alkanes of at least 4 members (excludes halogenated alkanes) is 1. The maximum Gasteiger partial charge on any atom is 0.305 e. The molecule has 0 radical (unpaired) electrons. The topological polar surface area (TPSA) is 43.4 Å². The number of carbonyl (C=O) groups is 2. The molecule has 0 N–H and O–H groups in total. The van der Waals surface area contributed by atoms with Crippen LogP contribution in [0.1, 0.15) is 94.1 Å². The smallest absolute Gasteiger partial charge is 0.305 e. The highest BCUT2D eigenvalue weighted by Gasteiger charge is 2.42. The second kappa shape index (κ2) is 11.3. The molecule has 170 valence electrons. The summed E-state index contributed by atoms with van der Waals surface area (Å²) in [6.45, 7) is 2.36. The fraction of sp³-hybridized carbons (Fsp3) is 0.630. The summed E-state index contributed by atoms with van der Waals surface area (Å²) in [7, 11) is 1.42. The fourth-order valence-electron chi connectivity index (χ4n) is 5.56. The Hall–Kier alpha value is -1.61. The minimum Gasteiger partial charge on any atom is -0.469 e. The lowest BCUT2D eigenvalue weighted by Gasteiger charge is -2.47. The van der Waals surface area contributed by atoms with Crippen LogP contribution in [0.4, 0.5) is 0 Å². The lowest BCUT2D eigenvalue weighted by atomic mass is 9.58. The number of carbonyl (C=O) groups excluding carboxylic acids is 2. The molecule has 1 aromatic carbocycles. The van der Waals surface area contributed by atoms with Crippen molar-refractivity contribution in [3.8, 4) is 0 Å². The summed E-state index contributed by atoms with van der Waals surface area (Å²) in [4.78, 5) is 23.8. The molecule has 2 aliphatic carbocycles. The van der Waals surface area contributed by atoms with E-state index in [1.165, 1.54) is 37.5 Å². The first kappa shape index (κ1) is 24.0. The van der Waals surface area contributed by atoms with E-state index in [9.17, 15) is 9.59 Å². The quantitative estimate of drug-likeness (QED) is 0.160. The van der Waals surface area contributed by atoms with E-state index in [1.54, 1.807) is 0 Å². The van der Waals surface area contributed by atoms with E-state index >= 15 is 0 Å². The second-order valence-electron chi connectivity index (χ2n) is 9.44. The number of hydrogen-bond acceptors (Lipinski definition) is 3. The van der Waals surface area contributed by atoms with Gasteiger partial charge in [-0.1, -0.05) is 49.8 Å². The molecule has 1 aromatic rings. The van der Waals surface area contributed by atoms with Gasteiger partial charge >= 0.3 is 5.97 Å². The molecule has 0 bridgehead atoms. The molecular formula is C27H37ClO3. The van der Waals surface area contributed by atoms with Gasteiger partial charge in [0.05, 0.1) is 7.11 Å². The lowest BCUT2D eigenvalue weighted by Crippen LogP contribution is -2.35. The molecule has 3 nitrogen and oxygen atoms in total. The van der Waals surface area contributed by atoms with Crippen LogP contribution in [-0.4, -0.2) is 24.7 Å². The van der Waals surface area contributed by atoms with E-state index in [1.807, 2.05) is 0 Å². The van der Waals surface area contributed by atoms with E-state index in [4.69, 9.17) is 11.6 Å². The van der Waals surface area contributed by atoms with Crippen molar-refractivity contribution in [2.24, 2.45) is 11.3 Å². The van der Waals surface area contributed by atoms with E-state index in [0.717, 1.165) is 38.0 Å². The Kier molecular flexibility index (Phi) is 8.77. The van der Waals surface area contributed by atoms with E-state index in [2.05, 4.69) is 48.1 Å². The average molecular weight is 445 g/mol. The molecule has 0 spiro atoms. The number of methoxy groups -OCH3 is 1. The van der Waals surface area contributed by atoms with Crippen molar-refractivity contribution in [3.63, 3.8) is 0 Å². The number of hydrogen-bond donors (Lipinski definition) is 0. The van der Waals surface area contributed by atoms with Crippen molar-refractivity contribution >= 4 is 23.4 Å². The molecule has 2 fully saturated rings. The normalized spacial score (nSPS) is 23.6. The van der Waals surface area contributed by atoms with Gasteiger partial charge in [-0.2, -0.15) is 0 Å². The zero-order chi connectivity index (χ0) is 22.3. The molecule has 0 amide bonds. The van der Waals surface area contributed by atoms with Gasteiger partial charge in [-0.25, -0.2) is 0 Å². The van der Waals surface area contributed by atoms with Gasteiger partial charge in [0.2, 0.25) is 0 Å². The van der Waals surface area contributed by atoms with Gasteiger partial charge in [0.25, 0.3) is 0 Å². The molecule has 31 heavy (non-hydrogen) atoms. The number of alkyl halides is 1. The van der Waals surface area contributed by atoms with Crippen LogP contribution in [0.15, 0.2) is 36.4 Å². The first-order valence-corrected chi connectivity index (χ1v) is 12.4. The number of Topliss-reactive ketones (excluding diaryl/α,β-unsaturated/α-hetero) is 1. The monoisotopic (exact) mass is 444 g/mol. The van der Waals surface area contributed by atoms with Gasteiger partial charge in [0, 0.05) is 24.6 Å². The van der Waals surface area contributed by atoms with Crippen molar-refractivity contribution in [2.45, 2.75) is 83.0 Å². The van der Waals surface area contributed by atoms with E-state index in [0.29, 0.717) is 35.9 Å². The third kappa shape index (κ3) is 5.80. The van der Waals surface area contributed by atoms with Crippen molar-refractivity contribution in [1.82, 2.24) is 0 Å². The van der Waals surface area contributed by atoms with Crippen LogP contribution in [0, 0.1) is 11.3 Å². The third-order valence-electron chi connectivity index (χ3n) is 7.84. The van der Waals surface area contributed by atoms with Crippen LogP contribution in [0.3, 0.4) is 0 Å². The summed E-state index contributed by atoms with van der Waals surface area (Å²) in [5, 5.41) is 0. The van der Waals surface area contributed by atoms with Gasteiger partial charge in [-0.05, 0) is 73.3 Å². The summed E-state index contributed by atoms with van der Waals surface area (Å²) in [5.74, 6) is 1.84. The summed E-state index contributed by atoms with van der Waals surface area (Å²) in [6.07, 6.45) is 13.7. The third-order valence-corrected chi connectivity index (χ3v) is 8.03. The Bertz CT molecular complexity index is 780. The highest BCUT2D eigenvalue weighted by atomic mass is 35.5. The molecular weight excluding hydrogens is 408 g/mol. The van der Waals surface area contributed by atoms with Crippen molar-refractivity contribution in [2.75, 3.05) is 13.0 Å². The maximum atomic E-state index is 12.6. The number of ether oxygens (including phenoxy) is 1. The Labute approximate surface area is 192 Å². The number of allylic oxidation sites excluding steroid dienone is 2. The summed E-state index contributed by atoms with van der Waals surface area (Å²) >= 11 is 6.14. The minimum absolute atomic E-state index is 0.0721. The largest absolute Gasteiger partial charge is 0.469 e. The predicted molar refractivity (Wildman–Crippen MR) is 127 cm³/mol. The van der Waals surface area contributed by atoms with Crippen molar-refractivity contribution in [1.29, 1.82) is 0 Å². The summed E-state index contributed by atoms with van der Waals surface area (Å²) in [6, 6.07) is 9.02. The number of halogens is 1. The zero-order valence-corrected chi connectivity index (χ0v) is 19.8. The fourth-order valence-corrected chi connectivity index (χ4v) is 5.94.